The lowest BCUT2D eigenvalue weighted by atomic mass is 10.2. The Hall–Kier alpha value is -3.46. The van der Waals surface area contributed by atoms with Crippen LogP contribution in [0.4, 0.5) is 20.7 Å². The van der Waals surface area contributed by atoms with Gasteiger partial charge in [-0.15, -0.1) is 0 Å². The Kier molecular flexibility index (Phi) is 5.62. The van der Waals surface area contributed by atoms with Gasteiger partial charge in [0.2, 0.25) is 0 Å². The first-order chi connectivity index (χ1) is 13.1. The first-order valence-corrected chi connectivity index (χ1v) is 7.97. The highest BCUT2D eigenvalue weighted by Gasteiger charge is 2.12. The molecule has 0 atom stereocenters. The Morgan fingerprint density at radius 3 is 2.63 bits per heavy atom. The number of hydrogen-bond donors (Lipinski definition) is 2. The average molecular weight is 372 g/mol. The number of methoxy groups -OCH3 is 1. The molecule has 1 heterocycles. The maximum atomic E-state index is 14.6. The number of amides is 1. The second-order valence-corrected chi connectivity index (χ2v) is 5.43. The standard InChI is InChI=1S/C18H17FN4O4/c1-25-6-7-26-13-8-14(19)16-15(9-13)21-10-22-17(16)23-11-2-4-12(5-3-11)27-18(20)24/h2-5,8-10H,6-7H2,1H3,(H2,20,24)(H,21,22,23). The van der Waals surface area contributed by atoms with Crippen LogP contribution in [0.3, 0.4) is 0 Å². The number of hydrogen-bond acceptors (Lipinski definition) is 7. The fourth-order valence-corrected chi connectivity index (χ4v) is 2.40. The van der Waals surface area contributed by atoms with E-state index in [4.69, 9.17) is 19.9 Å². The van der Waals surface area contributed by atoms with Crippen LogP contribution in [0.15, 0.2) is 42.7 Å². The molecule has 1 aromatic heterocycles. The highest BCUT2D eigenvalue weighted by atomic mass is 19.1. The molecule has 27 heavy (non-hydrogen) atoms. The molecule has 0 fully saturated rings. The van der Waals surface area contributed by atoms with Gasteiger partial charge in [0, 0.05) is 24.9 Å². The topological polar surface area (TPSA) is 109 Å². The maximum Gasteiger partial charge on any atom is 0.409 e. The van der Waals surface area contributed by atoms with Crippen molar-refractivity contribution >= 4 is 28.5 Å². The molecule has 2 aromatic carbocycles. The molecule has 3 rings (SSSR count). The van der Waals surface area contributed by atoms with Crippen molar-refractivity contribution in [3.63, 3.8) is 0 Å². The third kappa shape index (κ3) is 4.59. The molecule has 0 saturated carbocycles. The zero-order chi connectivity index (χ0) is 19.2. The van der Waals surface area contributed by atoms with Gasteiger partial charge in [-0.1, -0.05) is 0 Å². The van der Waals surface area contributed by atoms with Crippen molar-refractivity contribution in [2.45, 2.75) is 0 Å². The van der Waals surface area contributed by atoms with Crippen LogP contribution in [-0.4, -0.2) is 36.4 Å². The number of carbonyl (C=O) groups excluding carboxylic acids is 1. The Balaban J connectivity index is 1.85. The molecule has 1 amide bonds. The number of carbonyl (C=O) groups is 1. The fourth-order valence-electron chi connectivity index (χ4n) is 2.40. The van der Waals surface area contributed by atoms with E-state index in [-0.39, 0.29) is 5.39 Å². The summed E-state index contributed by atoms with van der Waals surface area (Å²) in [5.74, 6) is 0.431. The van der Waals surface area contributed by atoms with E-state index in [1.54, 1.807) is 37.4 Å². The number of nitrogens with two attached hydrogens (primary N) is 1. The van der Waals surface area contributed by atoms with E-state index in [9.17, 15) is 9.18 Å². The lowest BCUT2D eigenvalue weighted by molar-refractivity contribution is 0.146. The van der Waals surface area contributed by atoms with E-state index in [0.29, 0.717) is 41.7 Å². The van der Waals surface area contributed by atoms with Crippen LogP contribution in [-0.2, 0) is 4.74 Å². The second-order valence-electron chi connectivity index (χ2n) is 5.43. The van der Waals surface area contributed by atoms with Crippen LogP contribution in [0.1, 0.15) is 0 Å². The summed E-state index contributed by atoms with van der Waals surface area (Å²) < 4.78 is 29.7. The number of nitrogens with one attached hydrogen (secondary N) is 1. The van der Waals surface area contributed by atoms with Crippen LogP contribution in [0.25, 0.3) is 10.9 Å². The third-order valence-electron chi connectivity index (χ3n) is 3.56. The molecule has 3 aromatic rings. The molecular formula is C18H17FN4O4. The van der Waals surface area contributed by atoms with Crippen molar-refractivity contribution in [3.8, 4) is 11.5 Å². The van der Waals surface area contributed by atoms with Gasteiger partial charge in [0.1, 0.15) is 36.1 Å². The summed E-state index contributed by atoms with van der Waals surface area (Å²) in [4.78, 5) is 19.0. The van der Waals surface area contributed by atoms with Gasteiger partial charge >= 0.3 is 6.09 Å². The number of ether oxygens (including phenoxy) is 3. The maximum absolute atomic E-state index is 14.6. The van der Waals surface area contributed by atoms with Crippen molar-refractivity contribution in [2.75, 3.05) is 25.6 Å². The van der Waals surface area contributed by atoms with Crippen LogP contribution in [0, 0.1) is 5.82 Å². The normalized spacial score (nSPS) is 10.6. The molecule has 3 N–H and O–H groups in total. The molecule has 0 aliphatic carbocycles. The fraction of sp³-hybridized carbons (Fsp3) is 0.167. The van der Waals surface area contributed by atoms with Crippen LogP contribution < -0.4 is 20.5 Å². The highest BCUT2D eigenvalue weighted by molar-refractivity contribution is 5.92. The molecule has 0 aliphatic rings. The van der Waals surface area contributed by atoms with Gasteiger partial charge in [0.05, 0.1) is 17.5 Å². The summed E-state index contributed by atoms with van der Waals surface area (Å²) in [6.07, 6.45) is 0.427. The summed E-state index contributed by atoms with van der Waals surface area (Å²) in [7, 11) is 1.56. The first-order valence-electron chi connectivity index (χ1n) is 7.97. The lowest BCUT2D eigenvalue weighted by Gasteiger charge is -2.11. The van der Waals surface area contributed by atoms with Crippen molar-refractivity contribution in [3.05, 3.63) is 48.5 Å². The number of anilines is 2. The van der Waals surface area contributed by atoms with E-state index in [0.717, 1.165) is 0 Å². The largest absolute Gasteiger partial charge is 0.491 e. The number of halogens is 1. The number of rotatable bonds is 7. The monoisotopic (exact) mass is 372 g/mol. The number of fused-ring (bicyclic) bond motifs is 1. The number of aromatic nitrogens is 2. The molecule has 9 heteroatoms. The zero-order valence-corrected chi connectivity index (χ0v) is 14.4. The van der Waals surface area contributed by atoms with Gasteiger partial charge in [-0.2, -0.15) is 0 Å². The molecule has 0 unspecified atom stereocenters. The van der Waals surface area contributed by atoms with Crippen molar-refractivity contribution in [1.82, 2.24) is 9.97 Å². The Labute approximate surface area is 154 Å². The SMILES string of the molecule is COCCOc1cc(F)c2c(Nc3ccc(OC(N)=O)cc3)ncnc2c1. The predicted octanol–water partition coefficient (Wildman–Crippen LogP) is 3.00. The minimum Gasteiger partial charge on any atom is -0.491 e. The van der Waals surface area contributed by atoms with Gasteiger partial charge in [-0.3, -0.25) is 0 Å². The summed E-state index contributed by atoms with van der Waals surface area (Å²) in [6, 6.07) is 9.29. The smallest absolute Gasteiger partial charge is 0.409 e. The molecule has 0 aliphatic heterocycles. The Bertz CT molecular complexity index is 950. The molecule has 0 saturated heterocycles. The first kappa shape index (κ1) is 18.3. The molecular weight excluding hydrogens is 355 g/mol. The third-order valence-corrected chi connectivity index (χ3v) is 3.56. The van der Waals surface area contributed by atoms with Gasteiger partial charge < -0.3 is 25.3 Å². The lowest BCUT2D eigenvalue weighted by Crippen LogP contribution is -2.16. The zero-order valence-electron chi connectivity index (χ0n) is 14.4. The average Bonchev–Trinajstić information content (AvgIpc) is 2.63. The molecule has 0 spiro atoms. The van der Waals surface area contributed by atoms with Crippen LogP contribution >= 0.6 is 0 Å². The Morgan fingerprint density at radius 1 is 1.15 bits per heavy atom. The van der Waals surface area contributed by atoms with Crippen LogP contribution in [0.5, 0.6) is 11.5 Å². The minimum absolute atomic E-state index is 0.231. The molecule has 140 valence electrons. The van der Waals surface area contributed by atoms with E-state index in [2.05, 4.69) is 15.3 Å². The van der Waals surface area contributed by atoms with Crippen molar-refractivity contribution in [2.24, 2.45) is 5.73 Å². The van der Waals surface area contributed by atoms with Crippen molar-refractivity contribution < 1.29 is 23.4 Å². The van der Waals surface area contributed by atoms with E-state index < -0.39 is 11.9 Å². The highest BCUT2D eigenvalue weighted by Crippen LogP contribution is 2.29. The van der Waals surface area contributed by atoms with E-state index in [1.807, 2.05) is 0 Å². The molecule has 0 bridgehead atoms. The minimum atomic E-state index is -0.900. The van der Waals surface area contributed by atoms with E-state index >= 15 is 0 Å². The van der Waals surface area contributed by atoms with Gasteiger partial charge in [-0.25, -0.2) is 19.2 Å². The predicted molar refractivity (Wildman–Crippen MR) is 96.8 cm³/mol. The van der Waals surface area contributed by atoms with Gasteiger partial charge in [0.15, 0.2) is 0 Å². The second kappa shape index (κ2) is 8.28. The molecule has 0 radical (unpaired) electrons. The van der Waals surface area contributed by atoms with Gasteiger partial charge in [0.25, 0.3) is 0 Å². The molecule has 8 nitrogen and oxygen atoms in total. The quantitative estimate of drug-likeness (QED) is 0.614. The number of benzene rings is 2. The summed E-state index contributed by atoms with van der Waals surface area (Å²) in [5.41, 5.74) is 5.98. The van der Waals surface area contributed by atoms with Crippen LogP contribution in [0.2, 0.25) is 0 Å². The Morgan fingerprint density at radius 2 is 1.93 bits per heavy atom. The van der Waals surface area contributed by atoms with Crippen molar-refractivity contribution in [1.29, 1.82) is 0 Å². The van der Waals surface area contributed by atoms with Gasteiger partial charge in [-0.05, 0) is 24.3 Å². The van der Waals surface area contributed by atoms with E-state index in [1.165, 1.54) is 12.4 Å². The summed E-state index contributed by atoms with van der Waals surface area (Å²) in [5, 5.41) is 3.25. The summed E-state index contributed by atoms with van der Waals surface area (Å²) in [6.45, 7) is 0.697. The number of nitrogens with zero attached hydrogens (tertiary/aromatic N) is 2. The number of primary amides is 1. The summed E-state index contributed by atoms with van der Waals surface area (Å²) >= 11 is 0.